The van der Waals surface area contributed by atoms with Crippen LogP contribution in [0.3, 0.4) is 0 Å². The number of hydrogen-bond acceptors (Lipinski definition) is 3. The Morgan fingerprint density at radius 3 is 3.05 bits per heavy atom. The number of ether oxygens (including phenoxy) is 1. The molecule has 1 fully saturated rings. The highest BCUT2D eigenvalue weighted by atomic mass is 16.5. The summed E-state index contributed by atoms with van der Waals surface area (Å²) in [5, 5.41) is 8.84. The van der Waals surface area contributed by atoms with E-state index in [9.17, 15) is 0 Å². The predicted octanol–water partition coefficient (Wildman–Crippen LogP) is 3.06. The van der Waals surface area contributed by atoms with Gasteiger partial charge >= 0.3 is 0 Å². The quantitative estimate of drug-likeness (QED) is 0.832. The smallest absolute Gasteiger partial charge is 0.120 e. The minimum atomic E-state index is 0.641. The lowest BCUT2D eigenvalue weighted by atomic mass is 9.92. The van der Waals surface area contributed by atoms with Crippen molar-refractivity contribution in [2.24, 2.45) is 5.92 Å². The predicted molar refractivity (Wildman–Crippen MR) is 76.1 cm³/mol. The molecule has 0 aromatic heterocycles. The Morgan fingerprint density at radius 1 is 1.42 bits per heavy atom. The minimum Gasteiger partial charge on any atom is -0.492 e. The summed E-state index contributed by atoms with van der Waals surface area (Å²) < 4.78 is 5.74. The first-order valence-corrected chi connectivity index (χ1v) is 7.07. The van der Waals surface area contributed by atoms with Gasteiger partial charge in [-0.25, -0.2) is 0 Å². The van der Waals surface area contributed by atoms with Crippen LogP contribution >= 0.6 is 0 Å². The van der Waals surface area contributed by atoms with Gasteiger partial charge in [-0.05, 0) is 50.4 Å². The van der Waals surface area contributed by atoms with Crippen LogP contribution in [0.2, 0.25) is 0 Å². The van der Waals surface area contributed by atoms with E-state index < -0.39 is 0 Å². The molecule has 1 heterocycles. The fraction of sp³-hybridized carbons (Fsp3) is 0.562. The second-order valence-corrected chi connectivity index (χ2v) is 5.38. The van der Waals surface area contributed by atoms with E-state index in [1.807, 2.05) is 12.1 Å². The van der Waals surface area contributed by atoms with Gasteiger partial charge in [0.05, 0.1) is 11.6 Å². The third-order valence-corrected chi connectivity index (χ3v) is 4.11. The van der Waals surface area contributed by atoms with Gasteiger partial charge in [-0.1, -0.05) is 13.0 Å². The SMILES string of the molecule is CC1CCCN(CCOc2cccc(C#N)c2)C1C. The van der Waals surface area contributed by atoms with Crippen LogP contribution in [0, 0.1) is 17.2 Å². The Hall–Kier alpha value is -1.53. The summed E-state index contributed by atoms with van der Waals surface area (Å²) in [6, 6.07) is 10.1. The zero-order valence-electron chi connectivity index (χ0n) is 11.8. The molecule has 1 aliphatic heterocycles. The Kier molecular flexibility index (Phi) is 4.81. The Balaban J connectivity index is 1.81. The van der Waals surface area contributed by atoms with Gasteiger partial charge in [-0.3, -0.25) is 4.90 Å². The van der Waals surface area contributed by atoms with Gasteiger partial charge < -0.3 is 4.74 Å². The molecule has 0 N–H and O–H groups in total. The molecule has 0 radical (unpaired) electrons. The third kappa shape index (κ3) is 3.71. The highest BCUT2D eigenvalue weighted by Crippen LogP contribution is 2.22. The maximum Gasteiger partial charge on any atom is 0.120 e. The molecule has 0 saturated carbocycles. The largest absolute Gasteiger partial charge is 0.492 e. The Labute approximate surface area is 115 Å². The first kappa shape index (κ1) is 13.9. The maximum absolute atomic E-state index is 8.84. The second-order valence-electron chi connectivity index (χ2n) is 5.38. The molecule has 0 bridgehead atoms. The number of benzene rings is 1. The molecular formula is C16H22N2O. The lowest BCUT2D eigenvalue weighted by Crippen LogP contribution is -2.44. The molecule has 1 aliphatic rings. The van der Waals surface area contributed by atoms with Crippen LogP contribution in [-0.2, 0) is 0 Å². The van der Waals surface area contributed by atoms with Crippen molar-refractivity contribution < 1.29 is 4.74 Å². The second kappa shape index (κ2) is 6.58. The van der Waals surface area contributed by atoms with E-state index in [4.69, 9.17) is 10.00 Å². The van der Waals surface area contributed by atoms with Crippen LogP contribution in [0.4, 0.5) is 0 Å². The molecule has 0 spiro atoms. The fourth-order valence-electron chi connectivity index (χ4n) is 2.67. The average molecular weight is 258 g/mol. The van der Waals surface area contributed by atoms with E-state index >= 15 is 0 Å². The molecule has 1 aromatic carbocycles. The fourth-order valence-corrected chi connectivity index (χ4v) is 2.67. The van der Waals surface area contributed by atoms with Crippen LogP contribution in [-0.4, -0.2) is 30.6 Å². The van der Waals surface area contributed by atoms with Crippen LogP contribution in [0.5, 0.6) is 5.75 Å². The van der Waals surface area contributed by atoms with E-state index in [0.717, 1.165) is 18.2 Å². The average Bonchev–Trinajstić information content (AvgIpc) is 2.44. The monoisotopic (exact) mass is 258 g/mol. The zero-order chi connectivity index (χ0) is 13.7. The topological polar surface area (TPSA) is 36.3 Å². The highest BCUT2D eigenvalue weighted by molar-refractivity contribution is 5.36. The van der Waals surface area contributed by atoms with Gasteiger partial charge in [0.1, 0.15) is 12.4 Å². The van der Waals surface area contributed by atoms with E-state index in [1.54, 1.807) is 12.1 Å². The molecule has 1 aromatic rings. The van der Waals surface area contributed by atoms with Gasteiger partial charge in [0.25, 0.3) is 0 Å². The first-order chi connectivity index (χ1) is 9.20. The van der Waals surface area contributed by atoms with Crippen molar-refractivity contribution in [3.05, 3.63) is 29.8 Å². The summed E-state index contributed by atoms with van der Waals surface area (Å²) in [6.07, 6.45) is 2.62. The van der Waals surface area contributed by atoms with Crippen LogP contribution in [0.15, 0.2) is 24.3 Å². The Morgan fingerprint density at radius 2 is 2.26 bits per heavy atom. The molecule has 3 heteroatoms. The molecule has 102 valence electrons. The molecule has 0 amide bonds. The first-order valence-electron chi connectivity index (χ1n) is 7.07. The summed E-state index contributed by atoms with van der Waals surface area (Å²) in [5.41, 5.74) is 0.650. The number of hydrogen-bond donors (Lipinski definition) is 0. The maximum atomic E-state index is 8.84. The third-order valence-electron chi connectivity index (χ3n) is 4.11. The summed E-state index contributed by atoms with van der Waals surface area (Å²) in [6.45, 7) is 7.45. The van der Waals surface area contributed by atoms with Gasteiger partial charge in [0.15, 0.2) is 0 Å². The van der Waals surface area contributed by atoms with E-state index in [1.165, 1.54) is 19.4 Å². The van der Waals surface area contributed by atoms with Crippen LogP contribution in [0.1, 0.15) is 32.3 Å². The zero-order valence-corrected chi connectivity index (χ0v) is 11.8. The molecule has 19 heavy (non-hydrogen) atoms. The van der Waals surface area contributed by atoms with Crippen molar-refractivity contribution in [2.75, 3.05) is 19.7 Å². The van der Waals surface area contributed by atoms with Gasteiger partial charge in [0, 0.05) is 12.6 Å². The molecule has 2 rings (SSSR count). The van der Waals surface area contributed by atoms with Gasteiger partial charge in [0.2, 0.25) is 0 Å². The van der Waals surface area contributed by atoms with E-state index in [2.05, 4.69) is 24.8 Å². The number of rotatable bonds is 4. The minimum absolute atomic E-state index is 0.641. The standard InChI is InChI=1S/C16H22N2O/c1-13-5-4-8-18(14(13)2)9-10-19-16-7-3-6-15(11-16)12-17/h3,6-7,11,13-14H,4-5,8-10H2,1-2H3. The molecule has 2 unspecified atom stereocenters. The number of piperidine rings is 1. The van der Waals surface area contributed by atoms with E-state index in [-0.39, 0.29) is 0 Å². The summed E-state index contributed by atoms with van der Waals surface area (Å²) in [7, 11) is 0. The van der Waals surface area contributed by atoms with Crippen molar-refractivity contribution in [3.63, 3.8) is 0 Å². The Bertz CT molecular complexity index is 452. The molecular weight excluding hydrogens is 236 g/mol. The van der Waals surface area contributed by atoms with Crippen molar-refractivity contribution in [1.29, 1.82) is 5.26 Å². The van der Waals surface area contributed by atoms with Crippen molar-refractivity contribution in [1.82, 2.24) is 4.90 Å². The summed E-state index contributed by atoms with van der Waals surface area (Å²) >= 11 is 0. The molecule has 0 aliphatic carbocycles. The van der Waals surface area contributed by atoms with Crippen molar-refractivity contribution in [3.8, 4) is 11.8 Å². The van der Waals surface area contributed by atoms with Crippen molar-refractivity contribution in [2.45, 2.75) is 32.7 Å². The van der Waals surface area contributed by atoms with Crippen LogP contribution in [0.25, 0.3) is 0 Å². The normalized spacial score (nSPS) is 23.8. The lowest BCUT2D eigenvalue weighted by molar-refractivity contribution is 0.0958. The van der Waals surface area contributed by atoms with Gasteiger partial charge in [-0.15, -0.1) is 0 Å². The number of likely N-dealkylation sites (tertiary alicyclic amines) is 1. The van der Waals surface area contributed by atoms with Crippen LogP contribution < -0.4 is 4.74 Å². The number of nitrogens with zero attached hydrogens (tertiary/aromatic N) is 2. The lowest BCUT2D eigenvalue weighted by Gasteiger charge is -2.37. The van der Waals surface area contributed by atoms with Crippen molar-refractivity contribution >= 4 is 0 Å². The molecule has 2 atom stereocenters. The summed E-state index contributed by atoms with van der Waals surface area (Å²) in [5.74, 6) is 1.56. The van der Waals surface area contributed by atoms with Gasteiger partial charge in [-0.2, -0.15) is 5.26 Å². The molecule has 1 saturated heterocycles. The highest BCUT2D eigenvalue weighted by Gasteiger charge is 2.23. The summed E-state index contributed by atoms with van der Waals surface area (Å²) in [4.78, 5) is 2.50. The number of nitriles is 1. The molecule has 3 nitrogen and oxygen atoms in total. The van der Waals surface area contributed by atoms with E-state index in [0.29, 0.717) is 18.2 Å².